The summed E-state index contributed by atoms with van der Waals surface area (Å²) in [6, 6.07) is 12.2. The fourth-order valence-electron chi connectivity index (χ4n) is 4.28. The van der Waals surface area contributed by atoms with Crippen LogP contribution in [0.4, 0.5) is 9.18 Å². The zero-order valence-electron chi connectivity index (χ0n) is 20.6. The van der Waals surface area contributed by atoms with E-state index in [9.17, 15) is 18.8 Å². The highest BCUT2D eigenvalue weighted by molar-refractivity contribution is 6.06. The third-order valence-electron chi connectivity index (χ3n) is 6.36. The SMILES string of the molecule is CC(C)(C)[C@H](NC(=O)c1nn(Cc2ccc(F)cc2)c2ccccc12)C(=O)NCC1CN(C(N)=O)C1. The van der Waals surface area contributed by atoms with Gasteiger partial charge in [-0.3, -0.25) is 14.3 Å². The van der Waals surface area contributed by atoms with E-state index < -0.39 is 23.4 Å². The Hall–Kier alpha value is -3.95. The van der Waals surface area contributed by atoms with Gasteiger partial charge in [0, 0.05) is 30.9 Å². The smallest absolute Gasteiger partial charge is 0.314 e. The Morgan fingerprint density at radius 3 is 2.42 bits per heavy atom. The first-order chi connectivity index (χ1) is 17.0. The van der Waals surface area contributed by atoms with Gasteiger partial charge in [-0.1, -0.05) is 51.1 Å². The third-order valence-corrected chi connectivity index (χ3v) is 6.36. The molecule has 1 saturated heterocycles. The number of aromatic nitrogens is 2. The molecule has 4 rings (SSSR count). The summed E-state index contributed by atoms with van der Waals surface area (Å²) < 4.78 is 15.0. The number of carbonyl (C=O) groups is 3. The molecule has 3 aromatic rings. The van der Waals surface area contributed by atoms with Crippen LogP contribution in [-0.4, -0.2) is 58.2 Å². The number of carbonyl (C=O) groups excluding carboxylic acids is 3. The predicted molar refractivity (Wildman–Crippen MR) is 134 cm³/mol. The normalized spacial score (nSPS) is 14.8. The van der Waals surface area contributed by atoms with Crippen LogP contribution in [0.1, 0.15) is 36.8 Å². The van der Waals surface area contributed by atoms with Gasteiger partial charge in [0.25, 0.3) is 5.91 Å². The van der Waals surface area contributed by atoms with E-state index in [1.165, 1.54) is 17.0 Å². The number of hydrogen-bond acceptors (Lipinski definition) is 4. The molecule has 1 fully saturated rings. The molecule has 1 aliphatic heterocycles. The molecule has 4 N–H and O–H groups in total. The fourth-order valence-corrected chi connectivity index (χ4v) is 4.28. The number of urea groups is 1. The lowest BCUT2D eigenvalue weighted by Gasteiger charge is -2.38. The van der Waals surface area contributed by atoms with Crippen LogP contribution < -0.4 is 16.4 Å². The highest BCUT2D eigenvalue weighted by Gasteiger charge is 2.35. The van der Waals surface area contributed by atoms with Crippen LogP contribution in [0.3, 0.4) is 0 Å². The van der Waals surface area contributed by atoms with Crippen molar-refractivity contribution < 1.29 is 18.8 Å². The van der Waals surface area contributed by atoms with Crippen molar-refractivity contribution in [1.29, 1.82) is 0 Å². The molecule has 0 unspecified atom stereocenters. The van der Waals surface area contributed by atoms with Gasteiger partial charge in [0.2, 0.25) is 5.91 Å². The van der Waals surface area contributed by atoms with Crippen molar-refractivity contribution in [2.24, 2.45) is 17.1 Å². The number of nitrogens with one attached hydrogen (secondary N) is 2. The average Bonchev–Trinajstić information content (AvgIpc) is 3.15. The van der Waals surface area contributed by atoms with Gasteiger partial charge in [-0.05, 0) is 29.2 Å². The molecule has 0 saturated carbocycles. The van der Waals surface area contributed by atoms with Crippen molar-refractivity contribution in [3.05, 3.63) is 65.6 Å². The second-order valence-electron chi connectivity index (χ2n) is 10.3. The van der Waals surface area contributed by atoms with Gasteiger partial charge in [-0.15, -0.1) is 0 Å². The van der Waals surface area contributed by atoms with E-state index in [-0.39, 0.29) is 23.3 Å². The predicted octanol–water partition coefficient (Wildman–Crippen LogP) is 2.49. The zero-order chi connectivity index (χ0) is 26.0. The molecule has 0 spiro atoms. The summed E-state index contributed by atoms with van der Waals surface area (Å²) in [6.45, 7) is 7.38. The minimum absolute atomic E-state index is 0.129. The number of hydrogen-bond donors (Lipinski definition) is 3. The number of halogens is 1. The Labute approximate surface area is 208 Å². The lowest BCUT2D eigenvalue weighted by Crippen LogP contribution is -2.58. The summed E-state index contributed by atoms with van der Waals surface area (Å²) >= 11 is 0. The van der Waals surface area contributed by atoms with Gasteiger partial charge in [0.15, 0.2) is 5.69 Å². The number of nitrogens with two attached hydrogens (primary N) is 1. The largest absolute Gasteiger partial charge is 0.354 e. The minimum Gasteiger partial charge on any atom is -0.354 e. The number of amides is 4. The standard InChI is InChI=1S/C26H31FN6O3/c1-26(2,3)22(24(35)29-12-17-13-32(14-17)25(28)36)30-23(34)21-19-6-4-5-7-20(19)33(31-21)15-16-8-10-18(27)11-9-16/h4-11,17,22H,12-15H2,1-3H3,(H2,28,36)(H,29,35)(H,30,34)/t22-/m1/s1. The van der Waals surface area contributed by atoms with Gasteiger partial charge in [-0.2, -0.15) is 5.10 Å². The summed E-state index contributed by atoms with van der Waals surface area (Å²) in [6.07, 6.45) is 0. The molecule has 0 bridgehead atoms. The monoisotopic (exact) mass is 494 g/mol. The third kappa shape index (κ3) is 5.48. The molecule has 36 heavy (non-hydrogen) atoms. The Bertz CT molecular complexity index is 1280. The fraction of sp³-hybridized carbons (Fsp3) is 0.385. The summed E-state index contributed by atoms with van der Waals surface area (Å²) in [5, 5.41) is 11.0. The number of nitrogens with zero attached hydrogens (tertiary/aromatic N) is 3. The molecule has 9 nitrogen and oxygen atoms in total. The van der Waals surface area contributed by atoms with E-state index in [0.29, 0.717) is 31.6 Å². The molecule has 0 radical (unpaired) electrons. The van der Waals surface area contributed by atoms with Crippen LogP contribution in [-0.2, 0) is 11.3 Å². The Morgan fingerprint density at radius 2 is 1.78 bits per heavy atom. The molecule has 10 heteroatoms. The van der Waals surface area contributed by atoms with Gasteiger partial charge < -0.3 is 21.3 Å². The summed E-state index contributed by atoms with van der Waals surface area (Å²) in [7, 11) is 0. The lowest BCUT2D eigenvalue weighted by molar-refractivity contribution is -0.125. The van der Waals surface area contributed by atoms with Gasteiger partial charge in [0.1, 0.15) is 11.9 Å². The van der Waals surface area contributed by atoms with Crippen molar-refractivity contribution >= 4 is 28.7 Å². The highest BCUT2D eigenvalue weighted by Crippen LogP contribution is 2.23. The van der Waals surface area contributed by atoms with Crippen LogP contribution in [0.5, 0.6) is 0 Å². The second kappa shape index (κ2) is 9.96. The van der Waals surface area contributed by atoms with Crippen LogP contribution in [0.15, 0.2) is 48.5 Å². The molecule has 1 aromatic heterocycles. The first-order valence-corrected chi connectivity index (χ1v) is 11.9. The number of primary amides is 1. The van der Waals surface area contributed by atoms with Crippen LogP contribution in [0, 0.1) is 17.2 Å². The van der Waals surface area contributed by atoms with E-state index in [4.69, 9.17) is 5.73 Å². The summed E-state index contributed by atoms with van der Waals surface area (Å²) in [4.78, 5) is 39.1. The molecule has 4 amide bonds. The molecule has 1 aliphatic rings. The van der Waals surface area contributed by atoms with E-state index in [0.717, 1.165) is 11.1 Å². The maximum Gasteiger partial charge on any atom is 0.314 e. The Kier molecular flexibility index (Phi) is 6.96. The van der Waals surface area contributed by atoms with Crippen LogP contribution in [0.25, 0.3) is 10.9 Å². The second-order valence-corrected chi connectivity index (χ2v) is 10.3. The topological polar surface area (TPSA) is 122 Å². The highest BCUT2D eigenvalue weighted by atomic mass is 19.1. The van der Waals surface area contributed by atoms with E-state index in [1.54, 1.807) is 16.8 Å². The van der Waals surface area contributed by atoms with Crippen molar-refractivity contribution in [1.82, 2.24) is 25.3 Å². The van der Waals surface area contributed by atoms with Gasteiger partial charge >= 0.3 is 6.03 Å². The van der Waals surface area contributed by atoms with E-state index in [1.807, 2.05) is 45.0 Å². The number of benzene rings is 2. The van der Waals surface area contributed by atoms with Crippen LogP contribution in [0.2, 0.25) is 0 Å². The molecular weight excluding hydrogens is 463 g/mol. The molecule has 1 atom stereocenters. The van der Waals surface area contributed by atoms with Crippen LogP contribution >= 0.6 is 0 Å². The Morgan fingerprint density at radius 1 is 1.11 bits per heavy atom. The average molecular weight is 495 g/mol. The molecule has 190 valence electrons. The summed E-state index contributed by atoms with van der Waals surface area (Å²) in [5.41, 5.74) is 6.50. The van der Waals surface area contributed by atoms with Crippen molar-refractivity contribution in [2.45, 2.75) is 33.4 Å². The number of rotatable bonds is 7. The first kappa shape index (κ1) is 25.2. The molecule has 0 aliphatic carbocycles. The minimum atomic E-state index is -0.807. The Balaban J connectivity index is 1.50. The summed E-state index contributed by atoms with van der Waals surface area (Å²) in [5.74, 6) is -0.951. The number of likely N-dealkylation sites (tertiary alicyclic amines) is 1. The number of para-hydroxylation sites is 1. The van der Waals surface area contributed by atoms with E-state index >= 15 is 0 Å². The molecule has 2 heterocycles. The van der Waals surface area contributed by atoms with Crippen molar-refractivity contribution in [2.75, 3.05) is 19.6 Å². The quantitative estimate of drug-likeness (QED) is 0.467. The number of fused-ring (bicyclic) bond motifs is 1. The van der Waals surface area contributed by atoms with E-state index in [2.05, 4.69) is 15.7 Å². The maximum absolute atomic E-state index is 13.4. The van der Waals surface area contributed by atoms with Gasteiger partial charge in [0.05, 0.1) is 12.1 Å². The molecular formula is C26H31FN6O3. The van der Waals surface area contributed by atoms with Gasteiger partial charge in [-0.25, -0.2) is 9.18 Å². The maximum atomic E-state index is 13.4. The van der Waals surface area contributed by atoms with Crippen molar-refractivity contribution in [3.8, 4) is 0 Å². The first-order valence-electron chi connectivity index (χ1n) is 11.9. The molecule has 2 aromatic carbocycles. The lowest BCUT2D eigenvalue weighted by atomic mass is 9.85. The zero-order valence-corrected chi connectivity index (χ0v) is 20.6. The van der Waals surface area contributed by atoms with Crippen molar-refractivity contribution in [3.63, 3.8) is 0 Å².